The van der Waals surface area contributed by atoms with Crippen LogP contribution in [-0.2, 0) is 19.1 Å². The van der Waals surface area contributed by atoms with Crippen LogP contribution in [0.3, 0.4) is 0 Å². The third kappa shape index (κ3) is 5.19. The highest BCUT2D eigenvalue weighted by Crippen LogP contribution is 2.32. The molecule has 0 radical (unpaired) electrons. The molecular formula is C19H19F3N4S. The van der Waals surface area contributed by atoms with Gasteiger partial charge in [0, 0.05) is 31.7 Å². The van der Waals surface area contributed by atoms with Gasteiger partial charge in [-0.25, -0.2) is 0 Å². The minimum Gasteiger partial charge on any atom is -0.350 e. The highest BCUT2D eigenvalue weighted by molar-refractivity contribution is 7.09. The van der Waals surface area contributed by atoms with Gasteiger partial charge in [0.05, 0.1) is 5.56 Å². The van der Waals surface area contributed by atoms with Crippen molar-refractivity contribution in [3.8, 4) is 0 Å². The third-order valence-corrected chi connectivity index (χ3v) is 4.91. The average Bonchev–Trinajstić information content (AvgIpc) is 3.14. The normalized spacial score (nSPS) is 11.4. The van der Waals surface area contributed by atoms with Crippen molar-refractivity contribution in [2.24, 2.45) is 0 Å². The van der Waals surface area contributed by atoms with Crippen molar-refractivity contribution in [1.29, 1.82) is 0 Å². The van der Waals surface area contributed by atoms with Crippen LogP contribution in [0.25, 0.3) is 0 Å². The molecule has 3 aromatic rings. The molecule has 0 spiro atoms. The van der Waals surface area contributed by atoms with E-state index < -0.39 is 11.7 Å². The van der Waals surface area contributed by atoms with Crippen LogP contribution in [0.5, 0.6) is 0 Å². The Balaban J connectivity index is 1.58. The Hall–Kier alpha value is -2.61. The predicted octanol–water partition coefficient (Wildman–Crippen LogP) is 4.85. The number of rotatable bonds is 7. The fourth-order valence-corrected chi connectivity index (χ4v) is 3.24. The van der Waals surface area contributed by atoms with Crippen LogP contribution in [0.15, 0.2) is 54.6 Å². The molecule has 1 heterocycles. The fourth-order valence-electron chi connectivity index (χ4n) is 2.60. The molecule has 0 atom stereocenters. The lowest BCUT2D eigenvalue weighted by atomic mass is 10.1. The molecule has 4 nitrogen and oxygen atoms in total. The first-order valence-corrected chi connectivity index (χ1v) is 9.18. The summed E-state index contributed by atoms with van der Waals surface area (Å²) in [6.07, 6.45) is -3.50. The van der Waals surface area contributed by atoms with Crippen LogP contribution in [0.2, 0.25) is 0 Å². The Kier molecular flexibility index (Phi) is 5.95. The lowest BCUT2D eigenvalue weighted by Crippen LogP contribution is -2.20. The molecule has 3 rings (SSSR count). The smallest absolute Gasteiger partial charge is 0.350 e. The van der Waals surface area contributed by atoms with Crippen LogP contribution < -0.4 is 10.2 Å². The van der Waals surface area contributed by atoms with E-state index in [4.69, 9.17) is 0 Å². The number of anilines is 2. The van der Waals surface area contributed by atoms with E-state index in [-0.39, 0.29) is 12.1 Å². The van der Waals surface area contributed by atoms with Gasteiger partial charge in [0.2, 0.25) is 11.1 Å². The molecule has 0 bridgehead atoms. The summed E-state index contributed by atoms with van der Waals surface area (Å²) in [7, 11) is 1.92. The highest BCUT2D eigenvalue weighted by atomic mass is 32.1. The zero-order chi connectivity index (χ0) is 19.3. The minimum absolute atomic E-state index is 0.0135. The second-order valence-corrected chi connectivity index (χ2v) is 6.80. The Labute approximate surface area is 159 Å². The molecule has 2 aromatic carbocycles. The van der Waals surface area contributed by atoms with Gasteiger partial charge in [-0.1, -0.05) is 48.5 Å². The maximum Gasteiger partial charge on any atom is 0.416 e. The first-order valence-electron chi connectivity index (χ1n) is 8.41. The van der Waals surface area contributed by atoms with Crippen LogP contribution in [0.4, 0.5) is 24.3 Å². The summed E-state index contributed by atoms with van der Waals surface area (Å²) in [6, 6.07) is 15.6. The second kappa shape index (κ2) is 8.39. The fraction of sp³-hybridized carbons (Fsp3) is 0.263. The van der Waals surface area contributed by atoms with E-state index in [1.165, 1.54) is 29.2 Å². The van der Waals surface area contributed by atoms with Crippen molar-refractivity contribution < 1.29 is 13.2 Å². The molecule has 8 heteroatoms. The Morgan fingerprint density at radius 2 is 1.74 bits per heavy atom. The van der Waals surface area contributed by atoms with Gasteiger partial charge in [0.15, 0.2) is 0 Å². The van der Waals surface area contributed by atoms with Gasteiger partial charge in [-0.05, 0) is 23.6 Å². The summed E-state index contributed by atoms with van der Waals surface area (Å²) in [5.41, 5.74) is 0.752. The topological polar surface area (TPSA) is 41.1 Å². The number of nitrogens with zero attached hydrogens (tertiary/aromatic N) is 3. The summed E-state index contributed by atoms with van der Waals surface area (Å²) >= 11 is 1.22. The number of likely N-dealkylation sites (N-methyl/N-ethyl adjacent to an activating group) is 1. The summed E-state index contributed by atoms with van der Waals surface area (Å²) in [4.78, 5) is 6.36. The van der Waals surface area contributed by atoms with E-state index in [9.17, 15) is 13.2 Å². The van der Waals surface area contributed by atoms with Crippen LogP contribution >= 0.6 is 11.5 Å². The van der Waals surface area contributed by atoms with E-state index >= 15 is 0 Å². The summed E-state index contributed by atoms with van der Waals surface area (Å²) < 4.78 is 43.3. The van der Waals surface area contributed by atoms with Gasteiger partial charge in [-0.3, -0.25) is 0 Å². The first-order chi connectivity index (χ1) is 12.9. The number of halogens is 3. The molecular weight excluding hydrogens is 373 g/mol. The molecule has 0 aliphatic heterocycles. The molecule has 142 valence electrons. The number of benzene rings is 2. The Morgan fingerprint density at radius 3 is 2.48 bits per heavy atom. The van der Waals surface area contributed by atoms with Gasteiger partial charge in [-0.2, -0.15) is 22.5 Å². The maximum absolute atomic E-state index is 13.0. The summed E-state index contributed by atoms with van der Waals surface area (Å²) in [6.45, 7) is 0.787. The molecule has 1 N–H and O–H groups in total. The monoisotopic (exact) mass is 392 g/mol. The van der Waals surface area contributed by atoms with E-state index in [2.05, 4.69) is 26.8 Å². The highest BCUT2D eigenvalue weighted by Gasteiger charge is 2.32. The van der Waals surface area contributed by atoms with Gasteiger partial charge in [0.1, 0.15) is 0 Å². The van der Waals surface area contributed by atoms with Crippen molar-refractivity contribution in [1.82, 2.24) is 9.36 Å². The van der Waals surface area contributed by atoms with Crippen molar-refractivity contribution >= 4 is 22.6 Å². The third-order valence-electron chi connectivity index (χ3n) is 4.08. The number of alkyl halides is 3. The minimum atomic E-state index is -4.38. The lowest BCUT2D eigenvalue weighted by molar-refractivity contribution is -0.138. The van der Waals surface area contributed by atoms with Crippen LogP contribution in [0, 0.1) is 0 Å². The molecule has 0 saturated carbocycles. The molecule has 27 heavy (non-hydrogen) atoms. The largest absolute Gasteiger partial charge is 0.416 e. The Bertz CT molecular complexity index is 865. The standard InChI is InChI=1S/C19H19F3N4S/c1-26(12-11-14-7-3-2-4-8-14)18-24-17(25-27-18)23-13-15-9-5-6-10-16(15)19(20,21)22/h2-10H,11-13H2,1H3,(H,23,25). The molecule has 0 unspecified atom stereocenters. The van der Waals surface area contributed by atoms with Crippen molar-refractivity contribution in [2.45, 2.75) is 19.1 Å². The number of hydrogen-bond donors (Lipinski definition) is 1. The van der Waals surface area contributed by atoms with E-state index in [0.29, 0.717) is 5.95 Å². The molecule has 1 aromatic heterocycles. The lowest BCUT2D eigenvalue weighted by Gasteiger charge is -2.15. The van der Waals surface area contributed by atoms with Crippen molar-refractivity contribution in [3.05, 3.63) is 71.3 Å². The molecule has 0 saturated heterocycles. The molecule has 0 fully saturated rings. The van der Waals surface area contributed by atoms with Gasteiger partial charge < -0.3 is 10.2 Å². The van der Waals surface area contributed by atoms with Crippen molar-refractivity contribution in [3.63, 3.8) is 0 Å². The summed E-state index contributed by atoms with van der Waals surface area (Å²) in [5, 5.41) is 3.60. The van der Waals surface area contributed by atoms with E-state index in [0.717, 1.165) is 24.2 Å². The van der Waals surface area contributed by atoms with Crippen LogP contribution in [0.1, 0.15) is 16.7 Å². The zero-order valence-corrected chi connectivity index (χ0v) is 15.5. The van der Waals surface area contributed by atoms with E-state index in [1.54, 1.807) is 6.07 Å². The summed E-state index contributed by atoms with van der Waals surface area (Å²) in [5.74, 6) is 0.332. The molecule has 0 amide bonds. The number of nitrogens with one attached hydrogen (secondary N) is 1. The van der Waals surface area contributed by atoms with Gasteiger partial charge in [-0.15, -0.1) is 0 Å². The molecule has 0 aliphatic carbocycles. The second-order valence-electron chi connectivity index (χ2n) is 6.07. The van der Waals surface area contributed by atoms with Gasteiger partial charge >= 0.3 is 6.18 Å². The van der Waals surface area contributed by atoms with Crippen molar-refractivity contribution in [2.75, 3.05) is 23.8 Å². The zero-order valence-electron chi connectivity index (χ0n) is 14.7. The molecule has 0 aliphatic rings. The number of aromatic nitrogens is 2. The predicted molar refractivity (Wildman–Crippen MR) is 102 cm³/mol. The van der Waals surface area contributed by atoms with E-state index in [1.807, 2.05) is 30.1 Å². The van der Waals surface area contributed by atoms with Crippen LogP contribution in [-0.4, -0.2) is 22.9 Å². The average molecular weight is 392 g/mol. The van der Waals surface area contributed by atoms with Gasteiger partial charge in [0.25, 0.3) is 0 Å². The SMILES string of the molecule is CN(CCc1ccccc1)c1nc(NCc2ccccc2C(F)(F)F)ns1. The maximum atomic E-state index is 13.0. The quantitative estimate of drug-likeness (QED) is 0.624. The first kappa shape index (κ1) is 19.2. The Morgan fingerprint density at radius 1 is 1.04 bits per heavy atom. The number of hydrogen-bond acceptors (Lipinski definition) is 5.